The Morgan fingerprint density at radius 3 is 2.54 bits per heavy atom. The molecular formula is C29H32N2O4. The van der Waals surface area contributed by atoms with E-state index >= 15 is 0 Å². The van der Waals surface area contributed by atoms with E-state index in [1.54, 1.807) is 11.9 Å². The molecule has 0 heterocycles. The monoisotopic (exact) mass is 472 g/mol. The summed E-state index contributed by atoms with van der Waals surface area (Å²) in [4.78, 5) is 25.1. The van der Waals surface area contributed by atoms with Crippen LogP contribution in [0, 0.1) is 0 Å². The Hall–Kier alpha value is -4.06. The van der Waals surface area contributed by atoms with Gasteiger partial charge in [-0.25, -0.2) is 9.59 Å². The Bertz CT molecular complexity index is 1160. The van der Waals surface area contributed by atoms with Crippen LogP contribution in [-0.4, -0.2) is 30.7 Å². The lowest BCUT2D eigenvalue weighted by atomic mass is 10.0. The molecule has 3 rings (SSSR count). The number of carbonyl (C=O) groups excluding carboxylic acids is 1. The number of carbonyl (C=O) groups is 2. The number of carboxylic acid groups (broad SMARTS) is 1. The van der Waals surface area contributed by atoms with Crippen molar-refractivity contribution >= 4 is 23.8 Å². The third kappa shape index (κ3) is 7.74. The largest absolute Gasteiger partial charge is 0.488 e. The van der Waals surface area contributed by atoms with Gasteiger partial charge in [0.05, 0.1) is 0 Å². The Morgan fingerprint density at radius 2 is 1.80 bits per heavy atom. The topological polar surface area (TPSA) is 78.9 Å². The lowest BCUT2D eigenvalue weighted by Crippen LogP contribution is -2.37. The first-order valence-electron chi connectivity index (χ1n) is 11.8. The van der Waals surface area contributed by atoms with Crippen LogP contribution in [0.5, 0.6) is 5.75 Å². The summed E-state index contributed by atoms with van der Waals surface area (Å²) >= 11 is 0. The van der Waals surface area contributed by atoms with E-state index in [0.29, 0.717) is 18.9 Å². The van der Waals surface area contributed by atoms with Crippen molar-refractivity contribution < 1.29 is 19.4 Å². The molecule has 6 heteroatoms. The molecule has 0 saturated carbocycles. The minimum absolute atomic E-state index is 0.145. The van der Waals surface area contributed by atoms with Gasteiger partial charge in [0.25, 0.3) is 0 Å². The van der Waals surface area contributed by atoms with Crippen LogP contribution in [-0.2, 0) is 11.4 Å². The summed E-state index contributed by atoms with van der Waals surface area (Å²) in [6.07, 6.45) is 5.79. The molecule has 2 amide bonds. The standard InChI is InChI=1S/C29H32N2O4/c1-3-4-8-18-30-29(34)31(2)25-13-9-12-24(20-25)26-16-14-22(15-17-28(32)33)19-27(26)35-21-23-10-6-5-7-11-23/h5-7,9-17,19-20H,3-4,8,18,21H2,1-2H3,(H,30,34)(H,32,33). The molecule has 6 nitrogen and oxygen atoms in total. The lowest BCUT2D eigenvalue weighted by Gasteiger charge is -2.20. The van der Waals surface area contributed by atoms with E-state index in [1.165, 1.54) is 6.08 Å². The second-order valence-electron chi connectivity index (χ2n) is 8.25. The molecule has 0 aliphatic rings. The van der Waals surface area contributed by atoms with E-state index in [-0.39, 0.29) is 6.03 Å². The average Bonchev–Trinajstić information content (AvgIpc) is 2.89. The molecular weight excluding hydrogens is 440 g/mol. The highest BCUT2D eigenvalue weighted by molar-refractivity contribution is 5.92. The maximum absolute atomic E-state index is 12.6. The van der Waals surface area contributed by atoms with E-state index in [0.717, 1.165) is 53.3 Å². The number of benzene rings is 3. The molecule has 0 fully saturated rings. The SMILES string of the molecule is CCCCCNC(=O)N(C)c1cccc(-c2ccc(C=CC(=O)O)cc2OCc2ccccc2)c1. The Kier molecular flexibility index (Phi) is 9.49. The molecule has 0 saturated heterocycles. The predicted molar refractivity (Wildman–Crippen MR) is 141 cm³/mol. The summed E-state index contributed by atoms with van der Waals surface area (Å²) in [5.74, 6) is -0.380. The third-order valence-electron chi connectivity index (χ3n) is 5.57. The Morgan fingerprint density at radius 1 is 1.00 bits per heavy atom. The fraction of sp³-hybridized carbons (Fsp3) is 0.241. The number of urea groups is 1. The summed E-state index contributed by atoms with van der Waals surface area (Å²) in [6.45, 7) is 3.16. The van der Waals surface area contributed by atoms with E-state index in [2.05, 4.69) is 12.2 Å². The van der Waals surface area contributed by atoms with E-state index in [4.69, 9.17) is 9.84 Å². The van der Waals surface area contributed by atoms with Crippen LogP contribution in [0.4, 0.5) is 10.5 Å². The van der Waals surface area contributed by atoms with Gasteiger partial charge in [-0.05, 0) is 47.4 Å². The van der Waals surface area contributed by atoms with Crippen molar-refractivity contribution in [2.24, 2.45) is 0 Å². The van der Waals surface area contributed by atoms with Crippen molar-refractivity contribution in [3.05, 3.63) is 90.0 Å². The smallest absolute Gasteiger partial charge is 0.328 e. The van der Waals surface area contributed by atoms with Gasteiger partial charge in [0.2, 0.25) is 0 Å². The molecule has 35 heavy (non-hydrogen) atoms. The van der Waals surface area contributed by atoms with Crippen molar-refractivity contribution in [3.8, 4) is 16.9 Å². The minimum Gasteiger partial charge on any atom is -0.488 e. The molecule has 0 atom stereocenters. The number of aliphatic carboxylic acids is 1. The number of anilines is 1. The van der Waals surface area contributed by atoms with Crippen molar-refractivity contribution in [1.29, 1.82) is 0 Å². The third-order valence-corrected chi connectivity index (χ3v) is 5.57. The first-order chi connectivity index (χ1) is 17.0. The van der Waals surface area contributed by atoms with E-state index in [1.807, 2.05) is 72.8 Å². The number of carboxylic acids is 1. The Balaban J connectivity index is 1.86. The average molecular weight is 473 g/mol. The summed E-state index contributed by atoms with van der Waals surface area (Å²) in [7, 11) is 1.75. The molecule has 0 radical (unpaired) electrons. The van der Waals surface area contributed by atoms with Crippen molar-refractivity contribution in [2.75, 3.05) is 18.5 Å². The molecule has 3 aromatic rings. The van der Waals surface area contributed by atoms with Crippen molar-refractivity contribution in [3.63, 3.8) is 0 Å². The highest BCUT2D eigenvalue weighted by Crippen LogP contribution is 2.34. The van der Waals surface area contributed by atoms with Crippen LogP contribution in [0.1, 0.15) is 37.3 Å². The first-order valence-corrected chi connectivity index (χ1v) is 11.8. The molecule has 0 aliphatic carbocycles. The summed E-state index contributed by atoms with van der Waals surface area (Å²) in [5, 5.41) is 11.9. The number of hydrogen-bond acceptors (Lipinski definition) is 3. The van der Waals surface area contributed by atoms with Crippen LogP contribution >= 0.6 is 0 Å². The predicted octanol–water partition coefficient (Wildman–Crippen LogP) is 6.37. The Labute approximate surface area is 206 Å². The molecule has 2 N–H and O–H groups in total. The summed E-state index contributed by atoms with van der Waals surface area (Å²) < 4.78 is 6.17. The van der Waals surface area contributed by atoms with Gasteiger partial charge in [0, 0.05) is 30.9 Å². The molecule has 3 aromatic carbocycles. The van der Waals surface area contributed by atoms with Crippen molar-refractivity contribution in [2.45, 2.75) is 32.8 Å². The number of nitrogens with one attached hydrogen (secondary N) is 1. The van der Waals surface area contributed by atoms with Gasteiger partial charge in [0.15, 0.2) is 0 Å². The van der Waals surface area contributed by atoms with Gasteiger partial charge in [-0.1, -0.05) is 74.4 Å². The van der Waals surface area contributed by atoms with Crippen LogP contribution < -0.4 is 15.0 Å². The van der Waals surface area contributed by atoms with Crippen LogP contribution in [0.3, 0.4) is 0 Å². The van der Waals surface area contributed by atoms with Gasteiger partial charge in [-0.3, -0.25) is 4.90 Å². The quantitative estimate of drug-likeness (QED) is 0.251. The fourth-order valence-electron chi connectivity index (χ4n) is 3.59. The molecule has 0 bridgehead atoms. The summed E-state index contributed by atoms with van der Waals surface area (Å²) in [6, 6.07) is 23.0. The number of amides is 2. The van der Waals surface area contributed by atoms with Gasteiger partial charge in [0.1, 0.15) is 12.4 Å². The maximum atomic E-state index is 12.6. The molecule has 0 spiro atoms. The van der Waals surface area contributed by atoms with Crippen LogP contribution in [0.2, 0.25) is 0 Å². The zero-order valence-electron chi connectivity index (χ0n) is 20.2. The number of unbranched alkanes of at least 4 members (excludes halogenated alkanes) is 2. The number of nitrogens with zero attached hydrogens (tertiary/aromatic N) is 1. The zero-order valence-corrected chi connectivity index (χ0v) is 20.2. The molecule has 0 aliphatic heterocycles. The number of rotatable bonds is 11. The second-order valence-corrected chi connectivity index (χ2v) is 8.25. The zero-order chi connectivity index (χ0) is 25.0. The number of hydrogen-bond donors (Lipinski definition) is 2. The second kappa shape index (κ2) is 13.0. The molecule has 182 valence electrons. The first kappa shape index (κ1) is 25.6. The molecule has 0 aromatic heterocycles. The van der Waals surface area contributed by atoms with E-state index < -0.39 is 5.97 Å². The van der Waals surface area contributed by atoms with Crippen molar-refractivity contribution in [1.82, 2.24) is 5.32 Å². The minimum atomic E-state index is -1.01. The lowest BCUT2D eigenvalue weighted by molar-refractivity contribution is -0.131. The summed E-state index contributed by atoms with van der Waals surface area (Å²) in [5.41, 5.74) is 4.26. The fourth-order valence-corrected chi connectivity index (χ4v) is 3.59. The van der Waals surface area contributed by atoms with Gasteiger partial charge in [-0.2, -0.15) is 0 Å². The van der Waals surface area contributed by atoms with Gasteiger partial charge in [-0.15, -0.1) is 0 Å². The van der Waals surface area contributed by atoms with Gasteiger partial charge >= 0.3 is 12.0 Å². The molecule has 0 unspecified atom stereocenters. The van der Waals surface area contributed by atoms with Gasteiger partial charge < -0.3 is 15.2 Å². The maximum Gasteiger partial charge on any atom is 0.328 e. The highest BCUT2D eigenvalue weighted by Gasteiger charge is 2.13. The van der Waals surface area contributed by atoms with E-state index in [9.17, 15) is 9.59 Å². The normalized spacial score (nSPS) is 10.8. The van der Waals surface area contributed by atoms with Crippen LogP contribution in [0.25, 0.3) is 17.2 Å². The highest BCUT2D eigenvalue weighted by atomic mass is 16.5. The van der Waals surface area contributed by atoms with Crippen LogP contribution in [0.15, 0.2) is 78.9 Å². The number of ether oxygens (including phenoxy) is 1.